The average molecular weight is 354 g/mol. The third-order valence-electron chi connectivity index (χ3n) is 4.15. The Hall–Kier alpha value is -2.40. The fourth-order valence-electron chi connectivity index (χ4n) is 2.63. The van der Waals surface area contributed by atoms with Gasteiger partial charge in [0.1, 0.15) is 5.75 Å². The fraction of sp³-hybridized carbons (Fsp3) is 0.250. The molecule has 1 amide bonds. The Balaban J connectivity index is 1.71. The number of anilines is 1. The van der Waals surface area contributed by atoms with Gasteiger partial charge in [-0.3, -0.25) is 4.79 Å². The number of ether oxygens (including phenoxy) is 1. The van der Waals surface area contributed by atoms with E-state index >= 15 is 0 Å². The van der Waals surface area contributed by atoms with Gasteiger partial charge < -0.3 is 15.4 Å². The molecule has 0 aliphatic carbocycles. The van der Waals surface area contributed by atoms with Crippen molar-refractivity contribution in [2.75, 3.05) is 12.4 Å². The van der Waals surface area contributed by atoms with Crippen molar-refractivity contribution in [3.8, 4) is 5.75 Å². The van der Waals surface area contributed by atoms with Gasteiger partial charge >= 0.3 is 0 Å². The summed E-state index contributed by atoms with van der Waals surface area (Å²) in [6.45, 7) is 4.14. The molecule has 3 rings (SSSR count). The van der Waals surface area contributed by atoms with Gasteiger partial charge in [0.2, 0.25) is 0 Å². The van der Waals surface area contributed by atoms with Crippen molar-refractivity contribution in [3.05, 3.63) is 64.1 Å². The Morgan fingerprint density at radius 1 is 1.24 bits per heavy atom. The number of hydrogen-bond donors (Lipinski definition) is 2. The topological polar surface area (TPSA) is 50.4 Å². The molecule has 4 nitrogen and oxygen atoms in total. The average Bonchev–Trinajstić information content (AvgIpc) is 2.96. The van der Waals surface area contributed by atoms with E-state index in [-0.39, 0.29) is 11.4 Å². The Morgan fingerprint density at radius 3 is 2.64 bits per heavy atom. The number of benzene rings is 2. The van der Waals surface area contributed by atoms with Gasteiger partial charge in [-0.2, -0.15) is 0 Å². The lowest BCUT2D eigenvalue weighted by atomic mass is 10.1. The van der Waals surface area contributed by atoms with Gasteiger partial charge in [-0.05, 0) is 60.4 Å². The van der Waals surface area contributed by atoms with Crippen LogP contribution in [0.15, 0.2) is 47.4 Å². The smallest absolute Gasteiger partial charge is 0.260 e. The van der Waals surface area contributed by atoms with E-state index in [0.29, 0.717) is 4.91 Å². The van der Waals surface area contributed by atoms with Gasteiger partial charge in [-0.1, -0.05) is 36.9 Å². The van der Waals surface area contributed by atoms with Crippen LogP contribution in [0.1, 0.15) is 23.6 Å². The predicted octanol–water partition coefficient (Wildman–Crippen LogP) is 4.17. The number of methoxy groups -OCH3 is 1. The highest BCUT2D eigenvalue weighted by Crippen LogP contribution is 2.31. The molecule has 5 heteroatoms. The zero-order valence-electron chi connectivity index (χ0n) is 14.6. The maximum Gasteiger partial charge on any atom is 0.260 e. The van der Waals surface area contributed by atoms with E-state index in [0.717, 1.165) is 29.0 Å². The zero-order valence-corrected chi connectivity index (χ0v) is 15.4. The normalized spacial score (nSPS) is 18.3. The van der Waals surface area contributed by atoms with Crippen LogP contribution in [0.25, 0.3) is 6.08 Å². The van der Waals surface area contributed by atoms with Gasteiger partial charge in [-0.15, -0.1) is 0 Å². The van der Waals surface area contributed by atoms with E-state index in [2.05, 4.69) is 29.7 Å². The molecule has 0 spiro atoms. The van der Waals surface area contributed by atoms with E-state index in [1.54, 1.807) is 7.11 Å². The largest absolute Gasteiger partial charge is 0.497 e. The number of rotatable bonds is 5. The lowest BCUT2D eigenvalue weighted by Crippen LogP contribution is -2.30. The highest BCUT2D eigenvalue weighted by atomic mass is 32.2. The number of amides is 1. The SMILES string of the molecule is CCc1ccc(N[C@@H]2NC(=O)/C(=C/c3ccc(OC)cc3C)S2)cc1. The monoisotopic (exact) mass is 354 g/mol. The van der Waals surface area contributed by atoms with Crippen LogP contribution in [0.3, 0.4) is 0 Å². The van der Waals surface area contributed by atoms with Gasteiger partial charge in [0, 0.05) is 5.69 Å². The lowest BCUT2D eigenvalue weighted by Gasteiger charge is -2.12. The molecule has 1 aliphatic rings. The first-order valence-corrected chi connectivity index (χ1v) is 9.16. The van der Waals surface area contributed by atoms with Crippen LogP contribution in [0.4, 0.5) is 5.69 Å². The molecule has 1 fully saturated rings. The summed E-state index contributed by atoms with van der Waals surface area (Å²) in [4.78, 5) is 13.0. The third kappa shape index (κ3) is 4.17. The van der Waals surface area contributed by atoms with Crippen LogP contribution >= 0.6 is 11.8 Å². The van der Waals surface area contributed by atoms with Crippen molar-refractivity contribution in [2.45, 2.75) is 25.8 Å². The van der Waals surface area contributed by atoms with Crippen LogP contribution in [0.2, 0.25) is 0 Å². The van der Waals surface area contributed by atoms with Crippen LogP contribution in [-0.2, 0) is 11.2 Å². The van der Waals surface area contributed by atoms with Gasteiger partial charge in [-0.25, -0.2) is 0 Å². The number of nitrogens with one attached hydrogen (secondary N) is 2. The summed E-state index contributed by atoms with van der Waals surface area (Å²) in [6.07, 6.45) is 2.94. The second-order valence-corrected chi connectivity index (χ2v) is 7.04. The minimum Gasteiger partial charge on any atom is -0.497 e. The number of carbonyl (C=O) groups excluding carboxylic acids is 1. The Morgan fingerprint density at radius 2 is 2.00 bits per heavy atom. The molecule has 0 bridgehead atoms. The first-order chi connectivity index (χ1) is 12.1. The molecular weight excluding hydrogens is 332 g/mol. The molecule has 0 radical (unpaired) electrons. The van der Waals surface area contributed by atoms with E-state index in [9.17, 15) is 4.79 Å². The van der Waals surface area contributed by atoms with Crippen LogP contribution in [0, 0.1) is 6.92 Å². The highest BCUT2D eigenvalue weighted by Gasteiger charge is 2.27. The molecule has 1 atom stereocenters. The Kier molecular flexibility index (Phi) is 5.34. The Labute approximate surface area is 152 Å². The second-order valence-electron chi connectivity index (χ2n) is 5.90. The quantitative estimate of drug-likeness (QED) is 0.792. The number of hydrogen-bond acceptors (Lipinski definition) is 4. The summed E-state index contributed by atoms with van der Waals surface area (Å²) in [5.74, 6) is 0.765. The first kappa shape index (κ1) is 17.4. The van der Waals surface area contributed by atoms with Crippen molar-refractivity contribution in [1.29, 1.82) is 0 Å². The molecule has 130 valence electrons. The van der Waals surface area contributed by atoms with Crippen LogP contribution in [-0.4, -0.2) is 18.5 Å². The minimum atomic E-state index is -0.162. The third-order valence-corrected chi connectivity index (χ3v) is 5.18. The molecule has 0 aromatic heterocycles. The lowest BCUT2D eigenvalue weighted by molar-refractivity contribution is -0.116. The maximum atomic E-state index is 12.2. The summed E-state index contributed by atoms with van der Waals surface area (Å²) in [6, 6.07) is 14.1. The van der Waals surface area contributed by atoms with E-state index in [1.807, 2.05) is 43.3 Å². The van der Waals surface area contributed by atoms with Crippen molar-refractivity contribution in [2.24, 2.45) is 0 Å². The van der Waals surface area contributed by atoms with Crippen molar-refractivity contribution in [3.63, 3.8) is 0 Å². The predicted molar refractivity (Wildman–Crippen MR) is 105 cm³/mol. The molecule has 0 unspecified atom stereocenters. The Bertz CT molecular complexity index is 800. The number of thioether (sulfide) groups is 1. The molecule has 2 aromatic rings. The van der Waals surface area contributed by atoms with Crippen LogP contribution in [0.5, 0.6) is 5.75 Å². The number of carbonyl (C=O) groups is 1. The zero-order chi connectivity index (χ0) is 17.8. The first-order valence-electron chi connectivity index (χ1n) is 8.28. The highest BCUT2D eigenvalue weighted by molar-refractivity contribution is 8.05. The fourth-order valence-corrected chi connectivity index (χ4v) is 3.61. The van der Waals surface area contributed by atoms with E-state index in [1.165, 1.54) is 17.3 Å². The summed E-state index contributed by atoms with van der Waals surface area (Å²) >= 11 is 1.50. The van der Waals surface area contributed by atoms with Gasteiger partial charge in [0.15, 0.2) is 5.50 Å². The standard InChI is InChI=1S/C20H22N2O2S/c1-4-14-5-8-16(9-6-14)21-20-22-19(23)18(25-20)12-15-7-10-17(24-3)11-13(15)2/h5-12,20-21H,4H2,1-3H3,(H,22,23)/b18-12-/t20-/m1/s1. The molecule has 2 aromatic carbocycles. The van der Waals surface area contributed by atoms with E-state index < -0.39 is 0 Å². The van der Waals surface area contributed by atoms with E-state index in [4.69, 9.17) is 4.74 Å². The molecular formula is C20H22N2O2S. The van der Waals surface area contributed by atoms with Gasteiger partial charge in [0.25, 0.3) is 5.91 Å². The summed E-state index contributed by atoms with van der Waals surface area (Å²) in [5.41, 5.74) is 4.23. The molecule has 0 saturated carbocycles. The summed E-state index contributed by atoms with van der Waals surface area (Å²) < 4.78 is 5.23. The van der Waals surface area contributed by atoms with Crippen LogP contribution < -0.4 is 15.4 Å². The minimum absolute atomic E-state index is 0.0529. The molecule has 1 aliphatic heterocycles. The number of aryl methyl sites for hydroxylation is 2. The molecule has 2 N–H and O–H groups in total. The van der Waals surface area contributed by atoms with Crippen molar-refractivity contribution < 1.29 is 9.53 Å². The van der Waals surface area contributed by atoms with Crippen molar-refractivity contribution >= 4 is 29.4 Å². The molecule has 1 heterocycles. The molecule has 1 saturated heterocycles. The maximum absolute atomic E-state index is 12.2. The summed E-state index contributed by atoms with van der Waals surface area (Å²) in [5, 5.41) is 6.30. The second kappa shape index (κ2) is 7.66. The summed E-state index contributed by atoms with van der Waals surface area (Å²) in [7, 11) is 1.65. The molecule has 25 heavy (non-hydrogen) atoms. The van der Waals surface area contributed by atoms with Crippen molar-refractivity contribution in [1.82, 2.24) is 5.32 Å². The van der Waals surface area contributed by atoms with Gasteiger partial charge in [0.05, 0.1) is 12.0 Å².